The van der Waals surface area contributed by atoms with Crippen LogP contribution in [0.4, 0.5) is 11.6 Å². The molecule has 0 saturated heterocycles. The molecule has 0 aliphatic carbocycles. The normalized spacial score (nSPS) is 10.3. The second-order valence-electron chi connectivity index (χ2n) is 3.36. The average Bonchev–Trinajstić information content (AvgIpc) is 2.65. The van der Waals surface area contributed by atoms with Crippen LogP contribution in [0.15, 0.2) is 28.9 Å². The Morgan fingerprint density at radius 3 is 2.81 bits per heavy atom. The molecule has 6 nitrogen and oxygen atoms in total. The van der Waals surface area contributed by atoms with Crippen LogP contribution in [0.2, 0.25) is 0 Å². The first-order chi connectivity index (χ1) is 7.59. The van der Waals surface area contributed by atoms with Gasteiger partial charge in [0.2, 0.25) is 5.88 Å². The number of nitrogen functional groups attached to an aromatic ring is 1. The van der Waals surface area contributed by atoms with Crippen molar-refractivity contribution in [3.63, 3.8) is 0 Å². The third-order valence-electron chi connectivity index (χ3n) is 2.32. The van der Waals surface area contributed by atoms with Gasteiger partial charge in [0.1, 0.15) is 0 Å². The highest BCUT2D eigenvalue weighted by Crippen LogP contribution is 2.29. The molecule has 82 valence electrons. The maximum Gasteiger partial charge on any atom is 0.272 e. The molecule has 0 aliphatic heterocycles. The number of hydrogen-bond donors (Lipinski definition) is 1. The molecule has 0 saturated carbocycles. The number of aryl methyl sites for hydroxylation is 1. The second-order valence-corrected chi connectivity index (χ2v) is 3.36. The molecule has 2 aromatic rings. The van der Waals surface area contributed by atoms with Crippen molar-refractivity contribution in [2.24, 2.45) is 0 Å². The van der Waals surface area contributed by atoms with E-state index in [0.29, 0.717) is 16.7 Å². The summed E-state index contributed by atoms with van der Waals surface area (Å²) in [6, 6.07) is 4.86. The molecule has 6 heteroatoms. The summed E-state index contributed by atoms with van der Waals surface area (Å²) >= 11 is 0. The number of nitro groups is 1. The van der Waals surface area contributed by atoms with Crippen molar-refractivity contribution >= 4 is 11.6 Å². The summed E-state index contributed by atoms with van der Waals surface area (Å²) in [5, 5.41) is 14.3. The molecule has 1 aromatic carbocycles. The summed E-state index contributed by atoms with van der Waals surface area (Å²) in [4.78, 5) is 10.3. The number of anilines is 1. The van der Waals surface area contributed by atoms with Gasteiger partial charge in [0.05, 0.1) is 16.7 Å². The molecule has 0 fully saturated rings. The van der Waals surface area contributed by atoms with Crippen LogP contribution < -0.4 is 5.73 Å². The lowest BCUT2D eigenvalue weighted by Crippen LogP contribution is -1.92. The van der Waals surface area contributed by atoms with Crippen LogP contribution in [0.3, 0.4) is 0 Å². The number of rotatable bonds is 2. The number of benzene rings is 1. The minimum Gasteiger partial charge on any atom is -0.367 e. The van der Waals surface area contributed by atoms with E-state index in [1.54, 1.807) is 19.1 Å². The molecule has 0 unspecified atom stereocenters. The maximum atomic E-state index is 10.8. The minimum atomic E-state index is -0.428. The van der Waals surface area contributed by atoms with Gasteiger partial charge < -0.3 is 10.3 Å². The van der Waals surface area contributed by atoms with Gasteiger partial charge in [-0.25, -0.2) is 0 Å². The molecule has 2 rings (SSSR count). The van der Waals surface area contributed by atoms with Crippen LogP contribution >= 0.6 is 0 Å². The van der Waals surface area contributed by atoms with Crippen LogP contribution in [-0.2, 0) is 0 Å². The molecule has 0 spiro atoms. The van der Waals surface area contributed by atoms with Crippen molar-refractivity contribution in [3.05, 3.63) is 40.1 Å². The maximum absolute atomic E-state index is 10.8. The molecular weight excluding hydrogens is 210 g/mol. The quantitative estimate of drug-likeness (QED) is 0.616. The Balaban J connectivity index is 2.56. The van der Waals surface area contributed by atoms with E-state index < -0.39 is 4.92 Å². The lowest BCUT2D eigenvalue weighted by atomic mass is 10.1. The SMILES string of the molecule is Cc1ccc(-c2cnoc2N)cc1[N+](=O)[O-]. The van der Waals surface area contributed by atoms with E-state index in [2.05, 4.69) is 5.16 Å². The fraction of sp³-hybridized carbons (Fsp3) is 0.100. The lowest BCUT2D eigenvalue weighted by molar-refractivity contribution is -0.385. The van der Waals surface area contributed by atoms with Gasteiger partial charge in [-0.05, 0) is 12.5 Å². The Morgan fingerprint density at radius 1 is 1.50 bits per heavy atom. The van der Waals surface area contributed by atoms with E-state index in [4.69, 9.17) is 10.3 Å². The van der Waals surface area contributed by atoms with Crippen molar-refractivity contribution in [1.82, 2.24) is 5.16 Å². The van der Waals surface area contributed by atoms with E-state index >= 15 is 0 Å². The van der Waals surface area contributed by atoms with Gasteiger partial charge in [0.15, 0.2) is 0 Å². The van der Waals surface area contributed by atoms with Gasteiger partial charge in [-0.2, -0.15) is 0 Å². The van der Waals surface area contributed by atoms with E-state index in [-0.39, 0.29) is 11.6 Å². The Kier molecular flexibility index (Phi) is 2.32. The Bertz CT molecular complexity index is 548. The molecule has 0 bridgehead atoms. The largest absolute Gasteiger partial charge is 0.367 e. The van der Waals surface area contributed by atoms with Crippen LogP contribution in [0.1, 0.15) is 5.56 Å². The predicted molar refractivity (Wildman–Crippen MR) is 57.7 cm³/mol. The van der Waals surface area contributed by atoms with E-state index in [9.17, 15) is 10.1 Å². The molecule has 1 aromatic heterocycles. The Hall–Kier alpha value is -2.37. The third-order valence-corrected chi connectivity index (χ3v) is 2.32. The monoisotopic (exact) mass is 219 g/mol. The van der Waals surface area contributed by atoms with E-state index in [1.165, 1.54) is 12.3 Å². The lowest BCUT2D eigenvalue weighted by Gasteiger charge is -2.00. The Labute approximate surface area is 90.8 Å². The standard InChI is InChI=1S/C10H9N3O3/c1-6-2-3-7(4-9(6)13(14)15)8-5-12-16-10(8)11/h2-5H,11H2,1H3. The molecule has 0 atom stereocenters. The van der Waals surface area contributed by atoms with Crippen molar-refractivity contribution in [2.45, 2.75) is 6.92 Å². The predicted octanol–water partition coefficient (Wildman–Crippen LogP) is 2.14. The smallest absolute Gasteiger partial charge is 0.272 e. The number of hydrogen-bond acceptors (Lipinski definition) is 5. The molecule has 16 heavy (non-hydrogen) atoms. The van der Waals surface area contributed by atoms with E-state index in [1.807, 2.05) is 0 Å². The highest BCUT2D eigenvalue weighted by atomic mass is 16.6. The van der Waals surface area contributed by atoms with Gasteiger partial charge >= 0.3 is 0 Å². The third kappa shape index (κ3) is 1.60. The zero-order valence-corrected chi connectivity index (χ0v) is 8.51. The number of nitro benzene ring substituents is 1. The minimum absolute atomic E-state index is 0.0538. The van der Waals surface area contributed by atoms with Crippen LogP contribution in [0.5, 0.6) is 0 Å². The highest BCUT2D eigenvalue weighted by molar-refractivity contribution is 5.74. The number of nitrogens with two attached hydrogens (primary N) is 1. The van der Waals surface area contributed by atoms with Crippen molar-refractivity contribution in [2.75, 3.05) is 5.73 Å². The topological polar surface area (TPSA) is 95.2 Å². The van der Waals surface area contributed by atoms with Crippen LogP contribution in [-0.4, -0.2) is 10.1 Å². The first-order valence-electron chi connectivity index (χ1n) is 4.55. The zero-order chi connectivity index (χ0) is 11.7. The van der Waals surface area contributed by atoms with Crippen LogP contribution in [0, 0.1) is 17.0 Å². The van der Waals surface area contributed by atoms with Gasteiger partial charge in [-0.1, -0.05) is 17.3 Å². The first-order valence-corrected chi connectivity index (χ1v) is 4.55. The molecule has 0 aliphatic rings. The summed E-state index contributed by atoms with van der Waals surface area (Å²) in [6.07, 6.45) is 1.43. The van der Waals surface area contributed by atoms with Gasteiger partial charge in [0, 0.05) is 11.6 Å². The summed E-state index contributed by atoms with van der Waals surface area (Å²) in [5.41, 5.74) is 7.37. The first kappa shape index (κ1) is 10.2. The summed E-state index contributed by atoms with van der Waals surface area (Å²) in [5.74, 6) is 0.151. The second kappa shape index (κ2) is 3.65. The zero-order valence-electron chi connectivity index (χ0n) is 8.51. The molecular formula is C10H9N3O3. The molecule has 2 N–H and O–H groups in total. The summed E-state index contributed by atoms with van der Waals surface area (Å²) < 4.78 is 4.71. The summed E-state index contributed by atoms with van der Waals surface area (Å²) in [7, 11) is 0. The number of aromatic nitrogens is 1. The highest BCUT2D eigenvalue weighted by Gasteiger charge is 2.14. The van der Waals surface area contributed by atoms with Crippen molar-refractivity contribution in [1.29, 1.82) is 0 Å². The Morgan fingerprint density at radius 2 is 2.25 bits per heavy atom. The van der Waals surface area contributed by atoms with Crippen molar-refractivity contribution in [3.8, 4) is 11.1 Å². The van der Waals surface area contributed by atoms with Gasteiger partial charge in [0.25, 0.3) is 5.69 Å². The fourth-order valence-electron chi connectivity index (χ4n) is 1.44. The van der Waals surface area contributed by atoms with Gasteiger partial charge in [-0.15, -0.1) is 0 Å². The summed E-state index contributed by atoms with van der Waals surface area (Å²) in [6.45, 7) is 1.68. The number of nitrogens with zero attached hydrogens (tertiary/aromatic N) is 2. The van der Waals surface area contributed by atoms with Crippen LogP contribution in [0.25, 0.3) is 11.1 Å². The average molecular weight is 219 g/mol. The van der Waals surface area contributed by atoms with E-state index in [0.717, 1.165) is 0 Å². The molecule has 0 amide bonds. The van der Waals surface area contributed by atoms with Gasteiger partial charge in [-0.3, -0.25) is 10.1 Å². The molecule has 1 heterocycles. The van der Waals surface area contributed by atoms with Crippen molar-refractivity contribution < 1.29 is 9.45 Å². The molecule has 0 radical (unpaired) electrons. The fourth-order valence-corrected chi connectivity index (χ4v) is 1.44.